The molecule has 1 amide bonds. The summed E-state index contributed by atoms with van der Waals surface area (Å²) in [6.07, 6.45) is 0.210. The van der Waals surface area contributed by atoms with Gasteiger partial charge in [-0.3, -0.25) is 9.88 Å². The summed E-state index contributed by atoms with van der Waals surface area (Å²) in [5, 5.41) is 2.96. The summed E-state index contributed by atoms with van der Waals surface area (Å²) in [5.41, 5.74) is 0.874. The van der Waals surface area contributed by atoms with E-state index in [9.17, 15) is 9.59 Å². The summed E-state index contributed by atoms with van der Waals surface area (Å²) in [7, 11) is -1.30. The number of ether oxygens (including phenoxy) is 1. The van der Waals surface area contributed by atoms with Crippen molar-refractivity contribution in [2.24, 2.45) is 0 Å². The molecule has 0 unspecified atom stereocenters. The number of nitrogens with one attached hydrogen (secondary N) is 1. The average Bonchev–Trinajstić information content (AvgIpc) is 2.90. The Morgan fingerprint density at radius 3 is 2.22 bits per heavy atom. The predicted octanol–water partition coefficient (Wildman–Crippen LogP) is 5.89. The van der Waals surface area contributed by atoms with Crippen molar-refractivity contribution in [2.45, 2.75) is 50.2 Å². The highest BCUT2D eigenvalue weighted by Crippen LogP contribution is 2.54. The lowest BCUT2D eigenvalue weighted by Crippen LogP contribution is -2.69. The van der Waals surface area contributed by atoms with Gasteiger partial charge in [0, 0.05) is 17.1 Å². The van der Waals surface area contributed by atoms with Gasteiger partial charge < -0.3 is 9.64 Å². The maximum absolute atomic E-state index is 13.0. The highest BCUT2D eigenvalue weighted by Gasteiger charge is 2.64. The molecule has 178 valence electrons. The van der Waals surface area contributed by atoms with Gasteiger partial charge >= 0.3 is 5.97 Å². The number of β-lactam (4-membered cyclic amide) rings is 1. The molecule has 2 fully saturated rings. The molecule has 1 aromatic rings. The molecule has 0 radical (unpaired) electrons. The van der Waals surface area contributed by atoms with Crippen molar-refractivity contribution < 1.29 is 14.3 Å². The second kappa shape index (κ2) is 10.3. The van der Waals surface area contributed by atoms with Crippen molar-refractivity contribution >= 4 is 101 Å². The molecule has 0 spiro atoms. The van der Waals surface area contributed by atoms with Gasteiger partial charge in [0.25, 0.3) is 0 Å². The number of fused-ring (bicyclic) bond motifs is 1. The van der Waals surface area contributed by atoms with Crippen molar-refractivity contribution in [1.82, 2.24) is 9.99 Å². The van der Waals surface area contributed by atoms with Crippen LogP contribution in [0.4, 0.5) is 0 Å². The minimum atomic E-state index is -1.56. The molecule has 2 saturated heterocycles. The number of rotatable bonds is 7. The van der Waals surface area contributed by atoms with Gasteiger partial charge in [-0.15, -0.1) is 11.8 Å². The van der Waals surface area contributed by atoms with Crippen LogP contribution in [0.2, 0.25) is 0 Å². The summed E-state index contributed by atoms with van der Waals surface area (Å²) < 4.78 is 1.86. The number of carbonyl (C=O) groups excluding carboxylic acids is 2. The molecule has 0 aromatic heterocycles. The van der Waals surface area contributed by atoms with E-state index in [4.69, 9.17) is 74.3 Å². The number of alkyl halides is 6. The van der Waals surface area contributed by atoms with Crippen LogP contribution in [-0.4, -0.2) is 58.9 Å². The Bertz CT molecular complexity index is 836. The minimum absolute atomic E-state index is 0.105. The van der Waals surface area contributed by atoms with Crippen LogP contribution in [0.15, 0.2) is 30.3 Å². The third-order valence-electron chi connectivity index (χ3n) is 4.95. The van der Waals surface area contributed by atoms with Crippen LogP contribution in [0.3, 0.4) is 0 Å². The molecular formula is C19H21Cl6N2O3PS. The zero-order chi connectivity index (χ0) is 23.9. The van der Waals surface area contributed by atoms with E-state index in [1.165, 1.54) is 11.8 Å². The van der Waals surface area contributed by atoms with Crippen molar-refractivity contribution in [3.63, 3.8) is 0 Å². The van der Waals surface area contributed by atoms with E-state index in [1.54, 1.807) is 4.90 Å². The largest absolute Gasteiger partial charge is 0.459 e. The number of esters is 1. The van der Waals surface area contributed by atoms with Gasteiger partial charge in [-0.25, -0.2) is 4.79 Å². The van der Waals surface area contributed by atoms with Crippen LogP contribution < -0.4 is 5.09 Å². The molecule has 2 aliphatic rings. The number of halogens is 6. The van der Waals surface area contributed by atoms with Gasteiger partial charge in [0.05, 0.1) is 0 Å². The van der Waals surface area contributed by atoms with Gasteiger partial charge in [-0.05, 0) is 27.5 Å². The molecule has 1 aromatic carbocycles. The lowest BCUT2D eigenvalue weighted by molar-refractivity contribution is -0.164. The fraction of sp³-hybridized carbons (Fsp3) is 0.579. The SMILES string of the molecule is CC1(C)S[C@@H]2[C@H](NP(CC(Cl)(Cl)Cl)CC(Cl)(Cl)Cl)C(=O)N2[C@H]1C(=O)OCc1ccccc1. The van der Waals surface area contributed by atoms with Crippen molar-refractivity contribution in [2.75, 3.05) is 12.3 Å². The second-order valence-corrected chi connectivity index (χ2v) is 16.8. The number of hydrogen-bond acceptors (Lipinski definition) is 5. The van der Waals surface area contributed by atoms with Gasteiger partial charge in [-0.2, -0.15) is 0 Å². The van der Waals surface area contributed by atoms with Gasteiger partial charge in [0.15, 0.2) is 7.59 Å². The summed E-state index contributed by atoms with van der Waals surface area (Å²) in [5.74, 6) is -0.665. The average molecular weight is 601 g/mol. The number of amides is 1. The summed E-state index contributed by atoms with van der Waals surface area (Å²) in [4.78, 5) is 27.5. The molecule has 0 saturated carbocycles. The summed E-state index contributed by atoms with van der Waals surface area (Å²) in [6.45, 7) is 3.98. The third kappa shape index (κ3) is 6.86. The highest BCUT2D eigenvalue weighted by atomic mass is 35.6. The molecule has 2 heterocycles. The van der Waals surface area contributed by atoms with Crippen molar-refractivity contribution in [3.05, 3.63) is 35.9 Å². The van der Waals surface area contributed by atoms with Crippen LogP contribution in [0.25, 0.3) is 0 Å². The Morgan fingerprint density at radius 1 is 1.12 bits per heavy atom. The monoisotopic (exact) mass is 598 g/mol. The molecule has 0 bridgehead atoms. The van der Waals surface area contributed by atoms with Crippen molar-refractivity contribution in [3.8, 4) is 0 Å². The molecule has 13 heteroatoms. The highest BCUT2D eigenvalue weighted by molar-refractivity contribution is 8.01. The number of benzene rings is 1. The van der Waals surface area contributed by atoms with Crippen LogP contribution in [-0.2, 0) is 20.9 Å². The standard InChI is InChI=1S/C19H21Cl6N2O3PS/c1-17(2)13(16(29)30-8-11-6-4-3-5-7-11)27-14(28)12(15(27)32-17)26-31(9-18(20,21)22)10-19(23,24)25/h3-7,12-13,15,26H,8-10H2,1-2H3/t12-,13+,15-/m1/s1. The Labute approximate surface area is 222 Å². The first-order valence-electron chi connectivity index (χ1n) is 9.53. The Hall–Kier alpha value is 0.640. The first kappa shape index (κ1) is 27.2. The number of hydrogen-bond donors (Lipinski definition) is 1. The molecule has 5 nitrogen and oxygen atoms in total. The normalized spacial score (nSPS) is 25.0. The second-order valence-electron chi connectivity index (χ2n) is 8.05. The molecule has 1 N–H and O–H groups in total. The van der Waals surface area contributed by atoms with Crippen molar-refractivity contribution in [1.29, 1.82) is 0 Å². The van der Waals surface area contributed by atoms with Crippen LogP contribution in [0.1, 0.15) is 19.4 Å². The van der Waals surface area contributed by atoms with E-state index in [0.29, 0.717) is 0 Å². The molecule has 2 aliphatic heterocycles. The number of carbonyl (C=O) groups is 2. The van der Waals surface area contributed by atoms with Crippen LogP contribution in [0.5, 0.6) is 0 Å². The topological polar surface area (TPSA) is 58.6 Å². The fourth-order valence-corrected chi connectivity index (χ4v) is 9.82. The molecule has 3 atom stereocenters. The van der Waals surface area contributed by atoms with E-state index in [0.717, 1.165) is 5.56 Å². The van der Waals surface area contributed by atoms with E-state index in [2.05, 4.69) is 5.09 Å². The first-order valence-corrected chi connectivity index (χ1v) is 14.4. The van der Waals surface area contributed by atoms with Crippen LogP contribution in [0, 0.1) is 0 Å². The van der Waals surface area contributed by atoms with Gasteiger partial charge in [-0.1, -0.05) is 99.9 Å². The smallest absolute Gasteiger partial charge is 0.330 e. The Morgan fingerprint density at radius 2 is 1.69 bits per heavy atom. The molecular weight excluding hydrogens is 580 g/mol. The summed E-state index contributed by atoms with van der Waals surface area (Å²) in [6, 6.07) is 8.09. The van der Waals surface area contributed by atoms with Gasteiger partial charge in [0.1, 0.15) is 24.1 Å². The van der Waals surface area contributed by atoms with E-state index >= 15 is 0 Å². The lowest BCUT2D eigenvalue weighted by atomic mass is 9.96. The molecule has 3 rings (SSSR count). The summed E-state index contributed by atoms with van der Waals surface area (Å²) >= 11 is 37.3. The zero-order valence-corrected chi connectivity index (χ0v) is 23.3. The number of nitrogens with zero attached hydrogens (tertiary/aromatic N) is 1. The fourth-order valence-electron chi connectivity index (χ4n) is 3.70. The molecule has 0 aliphatic carbocycles. The lowest BCUT2D eigenvalue weighted by Gasteiger charge is -2.45. The van der Waals surface area contributed by atoms with Crippen LogP contribution >= 0.6 is 89.4 Å². The van der Waals surface area contributed by atoms with E-state index in [-0.39, 0.29) is 30.2 Å². The maximum Gasteiger partial charge on any atom is 0.330 e. The first-order chi connectivity index (χ1) is 14.7. The predicted molar refractivity (Wildman–Crippen MR) is 136 cm³/mol. The van der Waals surface area contributed by atoms with Gasteiger partial charge in [0.2, 0.25) is 5.91 Å². The minimum Gasteiger partial charge on any atom is -0.459 e. The quantitative estimate of drug-likeness (QED) is 0.183. The van der Waals surface area contributed by atoms with E-state index < -0.39 is 38.5 Å². The zero-order valence-electron chi connectivity index (χ0n) is 17.0. The molecule has 32 heavy (non-hydrogen) atoms. The third-order valence-corrected chi connectivity index (χ3v) is 10.8. The Kier molecular flexibility index (Phi) is 8.79. The maximum atomic E-state index is 13.0. The number of thioether (sulfide) groups is 1. The Balaban J connectivity index is 1.69. The van der Waals surface area contributed by atoms with E-state index in [1.807, 2.05) is 44.2 Å².